The van der Waals surface area contributed by atoms with E-state index in [2.05, 4.69) is 20.7 Å². The van der Waals surface area contributed by atoms with Gasteiger partial charge in [-0.1, -0.05) is 20.8 Å². The fourth-order valence-electron chi connectivity index (χ4n) is 2.22. The molecule has 0 bridgehead atoms. The Balaban J connectivity index is 2.13. The SMILES string of the molecule is COc1cc(C=NNC(=O)c2cc(C(C)(C)C)[nH]n2)cc(OC)c1OC. The molecule has 0 unspecified atom stereocenters. The molecule has 0 aliphatic rings. The number of nitrogens with zero attached hydrogens (tertiary/aromatic N) is 2. The first-order valence-electron chi connectivity index (χ1n) is 7.99. The van der Waals surface area contributed by atoms with Crippen molar-refractivity contribution in [1.29, 1.82) is 0 Å². The number of H-pyrrole nitrogens is 1. The molecule has 1 aromatic carbocycles. The molecule has 1 heterocycles. The molecule has 1 amide bonds. The number of hydrazone groups is 1. The van der Waals surface area contributed by atoms with Gasteiger partial charge in [0.05, 0.1) is 27.5 Å². The zero-order chi connectivity index (χ0) is 19.3. The average Bonchev–Trinajstić information content (AvgIpc) is 3.11. The first-order valence-corrected chi connectivity index (χ1v) is 7.99. The maximum atomic E-state index is 12.1. The predicted octanol–water partition coefficient (Wildman–Crippen LogP) is 2.50. The van der Waals surface area contributed by atoms with Gasteiger partial charge < -0.3 is 14.2 Å². The summed E-state index contributed by atoms with van der Waals surface area (Å²) in [7, 11) is 4.60. The van der Waals surface area contributed by atoms with Crippen LogP contribution in [0.15, 0.2) is 23.3 Å². The van der Waals surface area contributed by atoms with Gasteiger partial charge in [0.25, 0.3) is 5.91 Å². The second-order valence-electron chi connectivity index (χ2n) is 6.57. The fourth-order valence-corrected chi connectivity index (χ4v) is 2.22. The van der Waals surface area contributed by atoms with E-state index >= 15 is 0 Å². The Morgan fingerprint density at radius 1 is 1.12 bits per heavy atom. The highest BCUT2D eigenvalue weighted by Crippen LogP contribution is 2.37. The third-order valence-corrected chi connectivity index (χ3v) is 3.69. The van der Waals surface area contributed by atoms with Crippen molar-refractivity contribution in [2.24, 2.45) is 5.10 Å². The number of amides is 1. The van der Waals surface area contributed by atoms with E-state index in [0.717, 1.165) is 5.69 Å². The van der Waals surface area contributed by atoms with Crippen molar-refractivity contribution in [3.8, 4) is 17.2 Å². The smallest absolute Gasteiger partial charge is 0.291 e. The number of aromatic nitrogens is 2. The van der Waals surface area contributed by atoms with E-state index in [9.17, 15) is 4.79 Å². The molecule has 140 valence electrons. The Hall–Kier alpha value is -3.03. The number of ether oxygens (including phenoxy) is 3. The number of hydrogen-bond acceptors (Lipinski definition) is 6. The molecule has 2 N–H and O–H groups in total. The molecular formula is C18H24N4O4. The summed E-state index contributed by atoms with van der Waals surface area (Å²) in [5, 5.41) is 10.9. The van der Waals surface area contributed by atoms with Crippen LogP contribution in [0.25, 0.3) is 0 Å². The number of methoxy groups -OCH3 is 3. The minimum Gasteiger partial charge on any atom is -0.493 e. The van der Waals surface area contributed by atoms with Gasteiger partial charge in [-0.3, -0.25) is 9.89 Å². The molecule has 1 aromatic heterocycles. The van der Waals surface area contributed by atoms with Gasteiger partial charge in [-0.05, 0) is 18.2 Å². The van der Waals surface area contributed by atoms with Gasteiger partial charge >= 0.3 is 0 Å². The summed E-state index contributed by atoms with van der Waals surface area (Å²) in [6, 6.07) is 5.16. The first kappa shape index (κ1) is 19.3. The highest BCUT2D eigenvalue weighted by molar-refractivity contribution is 5.93. The molecule has 2 aromatic rings. The van der Waals surface area contributed by atoms with E-state index in [-0.39, 0.29) is 11.1 Å². The van der Waals surface area contributed by atoms with Crippen LogP contribution in [0.5, 0.6) is 17.2 Å². The van der Waals surface area contributed by atoms with Gasteiger partial charge in [-0.15, -0.1) is 0 Å². The van der Waals surface area contributed by atoms with Crippen molar-refractivity contribution in [3.63, 3.8) is 0 Å². The predicted molar refractivity (Wildman–Crippen MR) is 98.4 cm³/mol. The van der Waals surface area contributed by atoms with E-state index in [0.29, 0.717) is 22.8 Å². The molecule has 26 heavy (non-hydrogen) atoms. The van der Waals surface area contributed by atoms with Crippen LogP contribution in [0.3, 0.4) is 0 Å². The molecule has 0 saturated carbocycles. The van der Waals surface area contributed by atoms with Crippen molar-refractivity contribution >= 4 is 12.1 Å². The number of hydrogen-bond donors (Lipinski definition) is 2. The van der Waals surface area contributed by atoms with Crippen LogP contribution in [0.4, 0.5) is 0 Å². The summed E-state index contributed by atoms with van der Waals surface area (Å²) in [5.74, 6) is 1.09. The summed E-state index contributed by atoms with van der Waals surface area (Å²) < 4.78 is 15.8. The van der Waals surface area contributed by atoms with E-state index in [1.165, 1.54) is 27.5 Å². The third-order valence-electron chi connectivity index (χ3n) is 3.69. The minimum absolute atomic E-state index is 0.120. The van der Waals surface area contributed by atoms with E-state index in [1.807, 2.05) is 20.8 Å². The third kappa shape index (κ3) is 4.33. The largest absolute Gasteiger partial charge is 0.493 e. The first-order chi connectivity index (χ1) is 12.3. The Labute approximate surface area is 152 Å². The van der Waals surface area contributed by atoms with Gasteiger partial charge in [0.2, 0.25) is 5.75 Å². The molecule has 0 aliphatic heterocycles. The monoisotopic (exact) mass is 360 g/mol. The minimum atomic E-state index is -0.402. The molecule has 0 fully saturated rings. The molecule has 0 atom stereocenters. The van der Waals surface area contributed by atoms with Crippen LogP contribution in [0.2, 0.25) is 0 Å². The number of rotatable bonds is 6. The second-order valence-corrected chi connectivity index (χ2v) is 6.57. The number of nitrogens with one attached hydrogen (secondary N) is 2. The Morgan fingerprint density at radius 2 is 1.73 bits per heavy atom. The lowest BCUT2D eigenvalue weighted by Gasteiger charge is -2.14. The van der Waals surface area contributed by atoms with Crippen molar-refractivity contribution < 1.29 is 19.0 Å². The standard InChI is InChI=1S/C18H24N4O4/c1-18(2,3)15-9-12(20-21-15)17(23)22-19-10-11-7-13(24-4)16(26-6)14(8-11)25-5/h7-10H,1-6H3,(H,20,21)(H,22,23). The number of carbonyl (C=O) groups is 1. The maximum absolute atomic E-state index is 12.1. The van der Waals surface area contributed by atoms with Crippen LogP contribution in [0.1, 0.15) is 42.5 Å². The molecule has 2 rings (SSSR count). The number of aromatic amines is 1. The number of benzene rings is 1. The zero-order valence-electron chi connectivity index (χ0n) is 15.8. The summed E-state index contributed by atoms with van der Waals surface area (Å²) in [5.41, 5.74) is 4.16. The van der Waals surface area contributed by atoms with Gasteiger partial charge in [0, 0.05) is 16.7 Å². The van der Waals surface area contributed by atoms with E-state index in [4.69, 9.17) is 14.2 Å². The summed E-state index contributed by atoms with van der Waals surface area (Å²) in [6.45, 7) is 6.10. The lowest BCUT2D eigenvalue weighted by atomic mass is 9.92. The zero-order valence-corrected chi connectivity index (χ0v) is 15.8. The maximum Gasteiger partial charge on any atom is 0.291 e. The van der Waals surface area contributed by atoms with Gasteiger partial charge in [0.1, 0.15) is 0 Å². The van der Waals surface area contributed by atoms with Gasteiger partial charge in [0.15, 0.2) is 17.2 Å². The topological polar surface area (TPSA) is 97.8 Å². The Morgan fingerprint density at radius 3 is 2.19 bits per heavy atom. The Kier molecular flexibility index (Phi) is 5.86. The van der Waals surface area contributed by atoms with Crippen molar-refractivity contribution in [3.05, 3.63) is 35.2 Å². The van der Waals surface area contributed by atoms with Crippen LogP contribution in [0, 0.1) is 0 Å². The average molecular weight is 360 g/mol. The normalized spacial score (nSPS) is 11.5. The lowest BCUT2D eigenvalue weighted by molar-refractivity contribution is 0.0950. The summed E-state index contributed by atoms with van der Waals surface area (Å²) in [4.78, 5) is 12.1. The highest BCUT2D eigenvalue weighted by atomic mass is 16.5. The van der Waals surface area contributed by atoms with E-state index in [1.54, 1.807) is 18.2 Å². The molecule has 0 spiro atoms. The van der Waals surface area contributed by atoms with Crippen LogP contribution < -0.4 is 19.6 Å². The Bertz CT molecular complexity index is 781. The van der Waals surface area contributed by atoms with Crippen molar-refractivity contribution in [1.82, 2.24) is 15.6 Å². The lowest BCUT2D eigenvalue weighted by Crippen LogP contribution is -2.18. The fraction of sp³-hybridized carbons (Fsp3) is 0.389. The van der Waals surface area contributed by atoms with Gasteiger partial charge in [-0.25, -0.2) is 5.43 Å². The molecule has 0 aliphatic carbocycles. The molecule has 0 saturated heterocycles. The van der Waals surface area contributed by atoms with Crippen LogP contribution in [-0.4, -0.2) is 43.6 Å². The summed E-state index contributed by atoms with van der Waals surface area (Å²) in [6.07, 6.45) is 1.49. The van der Waals surface area contributed by atoms with E-state index < -0.39 is 5.91 Å². The van der Waals surface area contributed by atoms with Crippen LogP contribution in [-0.2, 0) is 5.41 Å². The quantitative estimate of drug-likeness (QED) is 0.609. The number of carbonyl (C=O) groups excluding carboxylic acids is 1. The molecule has 0 radical (unpaired) electrons. The van der Waals surface area contributed by atoms with Crippen LogP contribution >= 0.6 is 0 Å². The molecule has 8 nitrogen and oxygen atoms in total. The van der Waals surface area contributed by atoms with Crippen molar-refractivity contribution in [2.45, 2.75) is 26.2 Å². The van der Waals surface area contributed by atoms with Gasteiger partial charge in [-0.2, -0.15) is 10.2 Å². The molecule has 8 heteroatoms. The van der Waals surface area contributed by atoms with Crippen molar-refractivity contribution in [2.75, 3.05) is 21.3 Å². The molecular weight excluding hydrogens is 336 g/mol. The highest BCUT2D eigenvalue weighted by Gasteiger charge is 2.19. The second kappa shape index (κ2) is 7.90. The summed E-state index contributed by atoms with van der Waals surface area (Å²) >= 11 is 0.